The average molecular weight is 247 g/mol. The summed E-state index contributed by atoms with van der Waals surface area (Å²) in [6, 6.07) is 8.80. The number of hydrogen-bond acceptors (Lipinski definition) is 2. The Balaban J connectivity index is 1.82. The molecule has 1 atom stereocenters. The largest absolute Gasteiger partial charge is 0.396 e. The fourth-order valence-corrected chi connectivity index (χ4v) is 2.53. The summed E-state index contributed by atoms with van der Waals surface area (Å²) < 4.78 is 0. The van der Waals surface area contributed by atoms with E-state index in [1.807, 2.05) is 0 Å². The van der Waals surface area contributed by atoms with Gasteiger partial charge in [-0.1, -0.05) is 37.6 Å². The third-order valence-electron chi connectivity index (χ3n) is 3.94. The van der Waals surface area contributed by atoms with Crippen LogP contribution in [0.1, 0.15) is 49.7 Å². The minimum absolute atomic E-state index is 0.304. The second kappa shape index (κ2) is 6.91. The van der Waals surface area contributed by atoms with Gasteiger partial charge >= 0.3 is 0 Å². The highest BCUT2D eigenvalue weighted by Crippen LogP contribution is 2.41. The summed E-state index contributed by atoms with van der Waals surface area (Å²) in [6.07, 6.45) is 4.77. The molecule has 1 saturated carbocycles. The standard InChI is InChI=1S/C16H25NO/c1-2-13(9-10-18)11-17-12-15-5-3-4-6-16(15)14-7-8-14/h3-6,13-14,17-18H,2,7-12H2,1H3. The maximum atomic E-state index is 8.98. The van der Waals surface area contributed by atoms with Crippen LogP contribution in [-0.2, 0) is 6.54 Å². The molecule has 2 heteroatoms. The van der Waals surface area contributed by atoms with Crippen molar-refractivity contribution in [3.8, 4) is 0 Å². The molecule has 2 rings (SSSR count). The smallest absolute Gasteiger partial charge is 0.0434 e. The normalized spacial score (nSPS) is 16.8. The van der Waals surface area contributed by atoms with E-state index in [1.165, 1.54) is 18.4 Å². The molecule has 0 aromatic heterocycles. The van der Waals surface area contributed by atoms with Crippen molar-refractivity contribution in [3.05, 3.63) is 35.4 Å². The number of aliphatic hydroxyl groups excluding tert-OH is 1. The third-order valence-corrected chi connectivity index (χ3v) is 3.94. The zero-order valence-electron chi connectivity index (χ0n) is 11.4. The minimum atomic E-state index is 0.304. The second-order valence-corrected chi connectivity index (χ2v) is 5.39. The molecular weight excluding hydrogens is 222 g/mol. The summed E-state index contributed by atoms with van der Waals surface area (Å²) in [5.74, 6) is 1.42. The SMILES string of the molecule is CCC(CCO)CNCc1ccccc1C1CC1. The highest BCUT2D eigenvalue weighted by atomic mass is 16.3. The van der Waals surface area contributed by atoms with E-state index in [2.05, 4.69) is 36.5 Å². The molecule has 1 aromatic carbocycles. The van der Waals surface area contributed by atoms with Crippen LogP contribution in [0.5, 0.6) is 0 Å². The predicted octanol–water partition coefficient (Wildman–Crippen LogP) is 3.06. The summed E-state index contributed by atoms with van der Waals surface area (Å²) in [5, 5.41) is 12.5. The first-order valence-electron chi connectivity index (χ1n) is 7.24. The van der Waals surface area contributed by atoms with E-state index in [9.17, 15) is 0 Å². The van der Waals surface area contributed by atoms with Gasteiger partial charge in [-0.05, 0) is 48.8 Å². The molecule has 0 aliphatic heterocycles. The Bertz CT molecular complexity index is 360. The van der Waals surface area contributed by atoms with Crippen LogP contribution in [0.2, 0.25) is 0 Å². The molecule has 1 aliphatic rings. The Morgan fingerprint density at radius 3 is 2.78 bits per heavy atom. The van der Waals surface area contributed by atoms with E-state index in [-0.39, 0.29) is 0 Å². The van der Waals surface area contributed by atoms with E-state index in [0.29, 0.717) is 12.5 Å². The second-order valence-electron chi connectivity index (χ2n) is 5.39. The maximum absolute atomic E-state index is 8.98. The molecule has 0 heterocycles. The first-order chi connectivity index (χ1) is 8.85. The molecule has 2 N–H and O–H groups in total. The molecule has 1 aliphatic carbocycles. The summed E-state index contributed by atoms with van der Waals surface area (Å²) >= 11 is 0. The molecule has 0 radical (unpaired) electrons. The van der Waals surface area contributed by atoms with Crippen LogP contribution < -0.4 is 5.32 Å². The molecule has 0 bridgehead atoms. The van der Waals surface area contributed by atoms with Gasteiger partial charge in [0.15, 0.2) is 0 Å². The fourth-order valence-electron chi connectivity index (χ4n) is 2.53. The molecule has 0 spiro atoms. The zero-order valence-corrected chi connectivity index (χ0v) is 11.4. The molecule has 2 nitrogen and oxygen atoms in total. The van der Waals surface area contributed by atoms with Gasteiger partial charge in [0.05, 0.1) is 0 Å². The molecule has 1 fully saturated rings. The van der Waals surface area contributed by atoms with E-state index in [1.54, 1.807) is 5.56 Å². The lowest BCUT2D eigenvalue weighted by molar-refractivity contribution is 0.251. The Hall–Kier alpha value is -0.860. The lowest BCUT2D eigenvalue weighted by atomic mass is 10.0. The molecule has 1 unspecified atom stereocenters. The van der Waals surface area contributed by atoms with Gasteiger partial charge in [-0.15, -0.1) is 0 Å². The molecular formula is C16H25NO. The Labute approximate surface area is 110 Å². The number of aliphatic hydroxyl groups is 1. The van der Waals surface area contributed by atoms with E-state index < -0.39 is 0 Å². The molecule has 100 valence electrons. The van der Waals surface area contributed by atoms with Gasteiger partial charge in [-0.25, -0.2) is 0 Å². The highest BCUT2D eigenvalue weighted by molar-refractivity contribution is 5.33. The van der Waals surface area contributed by atoms with Crippen LogP contribution in [0, 0.1) is 5.92 Å². The van der Waals surface area contributed by atoms with Crippen molar-refractivity contribution < 1.29 is 5.11 Å². The number of benzene rings is 1. The van der Waals surface area contributed by atoms with Crippen molar-refractivity contribution in [1.82, 2.24) is 5.32 Å². The molecule has 18 heavy (non-hydrogen) atoms. The van der Waals surface area contributed by atoms with Gasteiger partial charge in [-0.3, -0.25) is 0 Å². The minimum Gasteiger partial charge on any atom is -0.396 e. The lowest BCUT2D eigenvalue weighted by Crippen LogP contribution is -2.23. The Kier molecular flexibility index (Phi) is 5.21. The number of nitrogens with one attached hydrogen (secondary N) is 1. The summed E-state index contributed by atoms with van der Waals surface area (Å²) in [4.78, 5) is 0. The average Bonchev–Trinajstić information content (AvgIpc) is 3.22. The topological polar surface area (TPSA) is 32.3 Å². The van der Waals surface area contributed by atoms with Crippen LogP contribution in [-0.4, -0.2) is 18.3 Å². The van der Waals surface area contributed by atoms with E-state index in [0.717, 1.165) is 31.8 Å². The van der Waals surface area contributed by atoms with Crippen LogP contribution >= 0.6 is 0 Å². The van der Waals surface area contributed by atoms with Gasteiger partial charge in [0.1, 0.15) is 0 Å². The van der Waals surface area contributed by atoms with Crippen LogP contribution in [0.25, 0.3) is 0 Å². The highest BCUT2D eigenvalue weighted by Gasteiger charge is 2.25. The van der Waals surface area contributed by atoms with Gasteiger partial charge in [0.2, 0.25) is 0 Å². The monoisotopic (exact) mass is 247 g/mol. The lowest BCUT2D eigenvalue weighted by Gasteiger charge is -2.15. The summed E-state index contributed by atoms with van der Waals surface area (Å²) in [6.45, 7) is 4.48. The fraction of sp³-hybridized carbons (Fsp3) is 0.625. The van der Waals surface area contributed by atoms with Crippen molar-refractivity contribution in [2.75, 3.05) is 13.2 Å². The van der Waals surface area contributed by atoms with Crippen molar-refractivity contribution in [3.63, 3.8) is 0 Å². The van der Waals surface area contributed by atoms with Crippen LogP contribution in [0.4, 0.5) is 0 Å². The van der Waals surface area contributed by atoms with Gasteiger partial charge in [0.25, 0.3) is 0 Å². The predicted molar refractivity (Wildman–Crippen MR) is 75.6 cm³/mol. The van der Waals surface area contributed by atoms with Crippen molar-refractivity contribution in [2.45, 2.75) is 45.1 Å². The summed E-state index contributed by atoms with van der Waals surface area (Å²) in [5.41, 5.74) is 3.00. The Morgan fingerprint density at radius 2 is 2.11 bits per heavy atom. The van der Waals surface area contributed by atoms with Crippen molar-refractivity contribution in [2.24, 2.45) is 5.92 Å². The summed E-state index contributed by atoms with van der Waals surface area (Å²) in [7, 11) is 0. The molecule has 0 saturated heterocycles. The van der Waals surface area contributed by atoms with E-state index >= 15 is 0 Å². The van der Waals surface area contributed by atoms with Crippen molar-refractivity contribution >= 4 is 0 Å². The molecule has 1 aromatic rings. The van der Waals surface area contributed by atoms with Gasteiger partial charge in [0, 0.05) is 13.2 Å². The van der Waals surface area contributed by atoms with Crippen molar-refractivity contribution in [1.29, 1.82) is 0 Å². The number of hydrogen-bond donors (Lipinski definition) is 2. The maximum Gasteiger partial charge on any atom is 0.0434 e. The van der Waals surface area contributed by atoms with Crippen LogP contribution in [0.3, 0.4) is 0 Å². The first kappa shape index (κ1) is 13.6. The first-order valence-corrected chi connectivity index (χ1v) is 7.24. The quantitative estimate of drug-likeness (QED) is 0.740. The Morgan fingerprint density at radius 1 is 1.33 bits per heavy atom. The van der Waals surface area contributed by atoms with Gasteiger partial charge < -0.3 is 10.4 Å². The van der Waals surface area contributed by atoms with Gasteiger partial charge in [-0.2, -0.15) is 0 Å². The zero-order chi connectivity index (χ0) is 12.8. The third kappa shape index (κ3) is 3.82. The van der Waals surface area contributed by atoms with Crippen LogP contribution in [0.15, 0.2) is 24.3 Å². The molecule has 0 amide bonds. The van der Waals surface area contributed by atoms with E-state index in [4.69, 9.17) is 5.11 Å². The number of rotatable bonds is 8.